The minimum absolute atomic E-state index is 0.193. The summed E-state index contributed by atoms with van der Waals surface area (Å²) >= 11 is 0. The number of hydrogen-bond acceptors (Lipinski definition) is 2. The molecular formula is C13H15F3N2O. The van der Waals surface area contributed by atoms with Gasteiger partial charge in [0.05, 0.1) is 5.56 Å². The summed E-state index contributed by atoms with van der Waals surface area (Å²) in [5.41, 5.74) is 4.97. The number of nitrogens with zero attached hydrogens (tertiary/aromatic N) is 1. The molecule has 1 saturated carbocycles. The van der Waals surface area contributed by atoms with Crippen molar-refractivity contribution in [2.24, 2.45) is 5.73 Å². The minimum Gasteiger partial charge on any atom is -0.334 e. The molecule has 0 radical (unpaired) electrons. The van der Waals surface area contributed by atoms with Crippen LogP contribution in [0.1, 0.15) is 28.8 Å². The highest BCUT2D eigenvalue weighted by Crippen LogP contribution is 2.30. The van der Waals surface area contributed by atoms with E-state index in [1.807, 2.05) is 0 Å². The second kappa shape index (κ2) is 5.21. The first-order valence-corrected chi connectivity index (χ1v) is 6.12. The molecule has 3 nitrogen and oxygen atoms in total. The molecule has 1 fully saturated rings. The number of halogens is 3. The van der Waals surface area contributed by atoms with Gasteiger partial charge in [0.15, 0.2) is 0 Å². The summed E-state index contributed by atoms with van der Waals surface area (Å²) < 4.78 is 37.3. The molecule has 0 atom stereocenters. The Morgan fingerprint density at radius 2 is 1.84 bits per heavy atom. The standard InChI is InChI=1S/C13H15F3N2O/c14-13(15,16)10-3-1-9(2-4-10)12(19)18(8-7-17)11-5-6-11/h1-4,11H,5-8,17H2. The summed E-state index contributed by atoms with van der Waals surface area (Å²) in [7, 11) is 0. The van der Waals surface area contributed by atoms with Crippen LogP contribution in [-0.2, 0) is 6.18 Å². The highest BCUT2D eigenvalue weighted by Gasteiger charge is 2.33. The Morgan fingerprint density at radius 3 is 2.26 bits per heavy atom. The Hall–Kier alpha value is -1.56. The number of rotatable bonds is 4. The van der Waals surface area contributed by atoms with Crippen molar-refractivity contribution in [1.29, 1.82) is 0 Å². The minimum atomic E-state index is -4.38. The zero-order chi connectivity index (χ0) is 14.0. The number of benzene rings is 1. The third kappa shape index (κ3) is 3.26. The normalized spacial score (nSPS) is 15.4. The zero-order valence-electron chi connectivity index (χ0n) is 10.3. The first-order chi connectivity index (χ1) is 8.93. The molecule has 19 heavy (non-hydrogen) atoms. The lowest BCUT2D eigenvalue weighted by atomic mass is 10.1. The van der Waals surface area contributed by atoms with Crippen LogP contribution in [-0.4, -0.2) is 29.9 Å². The van der Waals surface area contributed by atoms with E-state index in [4.69, 9.17) is 5.73 Å². The monoisotopic (exact) mass is 272 g/mol. The highest BCUT2D eigenvalue weighted by atomic mass is 19.4. The number of amides is 1. The number of alkyl halides is 3. The molecule has 0 aromatic heterocycles. The van der Waals surface area contributed by atoms with Crippen molar-refractivity contribution in [3.8, 4) is 0 Å². The van der Waals surface area contributed by atoms with Gasteiger partial charge in [0.1, 0.15) is 0 Å². The number of carbonyl (C=O) groups excluding carboxylic acids is 1. The molecule has 0 bridgehead atoms. The molecule has 1 amide bonds. The molecule has 1 aromatic rings. The van der Waals surface area contributed by atoms with Gasteiger partial charge in [-0.05, 0) is 37.1 Å². The van der Waals surface area contributed by atoms with Gasteiger partial charge in [0.25, 0.3) is 5.91 Å². The third-order valence-corrected chi connectivity index (χ3v) is 3.08. The van der Waals surface area contributed by atoms with E-state index in [1.54, 1.807) is 4.90 Å². The number of carbonyl (C=O) groups is 1. The molecule has 0 spiro atoms. The van der Waals surface area contributed by atoms with Crippen LogP contribution in [0.4, 0.5) is 13.2 Å². The number of nitrogens with two attached hydrogens (primary N) is 1. The summed E-state index contributed by atoms with van der Waals surface area (Å²) in [5.74, 6) is -0.248. The van der Waals surface area contributed by atoms with E-state index in [9.17, 15) is 18.0 Å². The van der Waals surface area contributed by atoms with Gasteiger partial charge in [-0.2, -0.15) is 13.2 Å². The largest absolute Gasteiger partial charge is 0.416 e. The molecule has 1 aliphatic carbocycles. The topological polar surface area (TPSA) is 46.3 Å². The predicted octanol–water partition coefficient (Wildman–Crippen LogP) is 2.27. The fourth-order valence-electron chi connectivity index (χ4n) is 1.94. The van der Waals surface area contributed by atoms with Crippen molar-refractivity contribution < 1.29 is 18.0 Å². The van der Waals surface area contributed by atoms with Crippen LogP contribution in [0.15, 0.2) is 24.3 Å². The molecule has 1 aromatic carbocycles. The summed E-state index contributed by atoms with van der Waals surface area (Å²) in [6.45, 7) is 0.785. The van der Waals surface area contributed by atoms with Crippen LogP contribution < -0.4 is 5.73 Å². The van der Waals surface area contributed by atoms with Gasteiger partial charge < -0.3 is 10.6 Å². The second-order valence-corrected chi connectivity index (χ2v) is 4.59. The van der Waals surface area contributed by atoms with Gasteiger partial charge in [-0.3, -0.25) is 4.79 Å². The molecule has 0 unspecified atom stereocenters. The highest BCUT2D eigenvalue weighted by molar-refractivity contribution is 5.94. The SMILES string of the molecule is NCCN(C(=O)c1ccc(C(F)(F)F)cc1)C1CC1. The summed E-state index contributed by atoms with van der Waals surface area (Å²) in [4.78, 5) is 13.8. The van der Waals surface area contributed by atoms with E-state index in [2.05, 4.69) is 0 Å². The van der Waals surface area contributed by atoms with Crippen molar-refractivity contribution in [2.75, 3.05) is 13.1 Å². The summed E-state index contributed by atoms with van der Waals surface area (Å²) in [6.07, 6.45) is -2.51. The lowest BCUT2D eigenvalue weighted by Crippen LogP contribution is -2.37. The van der Waals surface area contributed by atoms with Crippen molar-refractivity contribution in [2.45, 2.75) is 25.1 Å². The van der Waals surface area contributed by atoms with Crippen molar-refractivity contribution in [3.63, 3.8) is 0 Å². The lowest BCUT2D eigenvalue weighted by molar-refractivity contribution is -0.137. The van der Waals surface area contributed by atoms with Crippen LogP contribution in [0.5, 0.6) is 0 Å². The van der Waals surface area contributed by atoms with E-state index in [0.29, 0.717) is 13.1 Å². The van der Waals surface area contributed by atoms with E-state index >= 15 is 0 Å². The lowest BCUT2D eigenvalue weighted by Gasteiger charge is -2.21. The molecule has 0 saturated heterocycles. The van der Waals surface area contributed by atoms with Crippen LogP contribution in [0, 0.1) is 0 Å². The first kappa shape index (κ1) is 13.9. The maximum atomic E-state index is 12.4. The van der Waals surface area contributed by atoms with Crippen molar-refractivity contribution in [1.82, 2.24) is 4.90 Å². The quantitative estimate of drug-likeness (QED) is 0.914. The van der Waals surface area contributed by atoms with E-state index in [-0.39, 0.29) is 17.5 Å². The second-order valence-electron chi connectivity index (χ2n) is 4.59. The molecule has 104 valence electrons. The molecule has 2 N–H and O–H groups in total. The molecule has 6 heteroatoms. The average molecular weight is 272 g/mol. The molecule has 1 aliphatic rings. The van der Waals surface area contributed by atoms with Gasteiger partial charge in [-0.25, -0.2) is 0 Å². The fraction of sp³-hybridized carbons (Fsp3) is 0.462. The van der Waals surface area contributed by atoms with E-state index in [1.165, 1.54) is 12.1 Å². The van der Waals surface area contributed by atoms with Crippen LogP contribution in [0.3, 0.4) is 0 Å². The Kier molecular flexibility index (Phi) is 3.80. The van der Waals surface area contributed by atoms with Gasteiger partial charge in [-0.15, -0.1) is 0 Å². The van der Waals surface area contributed by atoms with Gasteiger partial charge >= 0.3 is 6.18 Å². The Balaban J connectivity index is 2.14. The Bertz CT molecular complexity index is 452. The first-order valence-electron chi connectivity index (χ1n) is 6.12. The molecular weight excluding hydrogens is 257 g/mol. The molecule has 0 heterocycles. The van der Waals surface area contributed by atoms with Gasteiger partial charge in [0, 0.05) is 24.7 Å². The average Bonchev–Trinajstić information content (AvgIpc) is 3.18. The Morgan fingerprint density at radius 1 is 1.26 bits per heavy atom. The summed E-state index contributed by atoms with van der Waals surface area (Å²) in [6, 6.07) is 4.49. The maximum absolute atomic E-state index is 12.4. The van der Waals surface area contributed by atoms with Crippen LogP contribution >= 0.6 is 0 Å². The van der Waals surface area contributed by atoms with Gasteiger partial charge in [0.2, 0.25) is 0 Å². The Labute approximate surface area is 109 Å². The van der Waals surface area contributed by atoms with E-state index < -0.39 is 11.7 Å². The maximum Gasteiger partial charge on any atom is 0.416 e. The number of hydrogen-bond donors (Lipinski definition) is 1. The van der Waals surface area contributed by atoms with Crippen LogP contribution in [0.25, 0.3) is 0 Å². The van der Waals surface area contributed by atoms with Crippen molar-refractivity contribution >= 4 is 5.91 Å². The summed E-state index contributed by atoms with van der Waals surface area (Å²) in [5, 5.41) is 0. The predicted molar refractivity (Wildman–Crippen MR) is 64.6 cm³/mol. The van der Waals surface area contributed by atoms with Crippen LogP contribution in [0.2, 0.25) is 0 Å². The van der Waals surface area contributed by atoms with E-state index in [0.717, 1.165) is 25.0 Å². The van der Waals surface area contributed by atoms with Crippen molar-refractivity contribution in [3.05, 3.63) is 35.4 Å². The zero-order valence-corrected chi connectivity index (χ0v) is 10.3. The smallest absolute Gasteiger partial charge is 0.334 e. The fourth-order valence-corrected chi connectivity index (χ4v) is 1.94. The molecule has 0 aliphatic heterocycles. The van der Waals surface area contributed by atoms with Gasteiger partial charge in [-0.1, -0.05) is 0 Å². The third-order valence-electron chi connectivity index (χ3n) is 3.08. The molecule has 2 rings (SSSR count).